The van der Waals surface area contributed by atoms with Gasteiger partial charge in [-0.25, -0.2) is 0 Å². The normalized spacial score (nSPS) is 9.43. The lowest BCUT2D eigenvalue weighted by atomic mass is 10.2. The fraction of sp³-hybridized carbons (Fsp3) is 0.250. The van der Waals surface area contributed by atoms with Gasteiger partial charge in [-0.2, -0.15) is 0 Å². The average molecular weight is 198 g/mol. The molecule has 0 aliphatic heterocycles. The molecule has 76 valence electrons. The van der Waals surface area contributed by atoms with E-state index in [1.54, 1.807) is 12.1 Å². The first-order chi connectivity index (χ1) is 6.67. The maximum Gasteiger partial charge on any atom is 0.707 e. The van der Waals surface area contributed by atoms with Gasteiger partial charge in [0.25, 0.3) is 0 Å². The Bertz CT molecular complexity index is 302. The molecule has 0 aliphatic carbocycles. The third kappa shape index (κ3) is 2.55. The van der Waals surface area contributed by atoms with Crippen molar-refractivity contribution in [3.8, 4) is 17.2 Å². The second-order valence-electron chi connectivity index (χ2n) is 2.46. The van der Waals surface area contributed by atoms with Gasteiger partial charge in [0.15, 0.2) is 5.75 Å². The summed E-state index contributed by atoms with van der Waals surface area (Å²) in [5.41, 5.74) is 0. The highest BCUT2D eigenvalue weighted by Gasteiger charge is 2.15. The van der Waals surface area contributed by atoms with E-state index in [2.05, 4.69) is 4.65 Å². The first-order valence-corrected chi connectivity index (χ1v) is 3.92. The van der Waals surface area contributed by atoms with E-state index in [9.17, 15) is 0 Å². The van der Waals surface area contributed by atoms with Crippen molar-refractivity contribution in [2.45, 2.75) is 0 Å². The lowest BCUT2D eigenvalue weighted by Crippen LogP contribution is -2.20. The van der Waals surface area contributed by atoms with E-state index in [1.807, 2.05) is 0 Å². The Kier molecular flexibility index (Phi) is 3.61. The Hall–Kier alpha value is -1.40. The number of methoxy groups -OCH3 is 2. The fourth-order valence-corrected chi connectivity index (χ4v) is 0.990. The summed E-state index contributed by atoms with van der Waals surface area (Å²) in [6.07, 6.45) is 0. The standard InChI is InChI=1S/C8H11BO5/c1-12-6-3-4-7(13-2)8(5-6)14-9(10)11/h3-5,10-11H,1-2H3. The second kappa shape index (κ2) is 4.73. The SMILES string of the molecule is COc1ccc(OC)c(OB(O)O)c1. The molecule has 0 fully saturated rings. The van der Waals surface area contributed by atoms with Crippen molar-refractivity contribution in [3.05, 3.63) is 18.2 Å². The van der Waals surface area contributed by atoms with Crippen LogP contribution in [0, 0.1) is 0 Å². The molecule has 0 heterocycles. The summed E-state index contributed by atoms with van der Waals surface area (Å²) in [4.78, 5) is 0. The largest absolute Gasteiger partial charge is 0.707 e. The molecule has 0 radical (unpaired) electrons. The number of ether oxygens (including phenoxy) is 2. The van der Waals surface area contributed by atoms with Gasteiger partial charge >= 0.3 is 7.32 Å². The van der Waals surface area contributed by atoms with Crippen LogP contribution in [0.25, 0.3) is 0 Å². The smallest absolute Gasteiger partial charge is 0.509 e. The maximum absolute atomic E-state index is 8.63. The Morgan fingerprint density at radius 3 is 2.29 bits per heavy atom. The second-order valence-corrected chi connectivity index (χ2v) is 2.46. The maximum atomic E-state index is 8.63. The molecule has 1 aromatic rings. The fourth-order valence-electron chi connectivity index (χ4n) is 0.990. The summed E-state index contributed by atoms with van der Waals surface area (Å²) in [6.45, 7) is 0. The van der Waals surface area contributed by atoms with E-state index < -0.39 is 7.32 Å². The van der Waals surface area contributed by atoms with Crippen LogP contribution in [-0.2, 0) is 0 Å². The molecule has 1 rings (SSSR count). The Morgan fingerprint density at radius 1 is 1.07 bits per heavy atom. The molecule has 0 aromatic heterocycles. The molecule has 0 atom stereocenters. The quantitative estimate of drug-likeness (QED) is 0.669. The van der Waals surface area contributed by atoms with Crippen LogP contribution in [0.1, 0.15) is 0 Å². The van der Waals surface area contributed by atoms with Crippen LogP contribution < -0.4 is 14.1 Å². The summed E-state index contributed by atoms with van der Waals surface area (Å²) in [5, 5.41) is 17.3. The van der Waals surface area contributed by atoms with Crippen LogP contribution in [0.2, 0.25) is 0 Å². The highest BCUT2D eigenvalue weighted by atomic mass is 16.6. The Morgan fingerprint density at radius 2 is 1.79 bits per heavy atom. The van der Waals surface area contributed by atoms with Crippen molar-refractivity contribution >= 4 is 7.32 Å². The molecule has 0 unspecified atom stereocenters. The average Bonchev–Trinajstić information content (AvgIpc) is 2.16. The van der Waals surface area contributed by atoms with E-state index in [0.29, 0.717) is 11.5 Å². The summed E-state index contributed by atoms with van der Waals surface area (Å²) in [5.74, 6) is 1.15. The zero-order chi connectivity index (χ0) is 10.6. The summed E-state index contributed by atoms with van der Waals surface area (Å²) >= 11 is 0. The van der Waals surface area contributed by atoms with E-state index >= 15 is 0 Å². The Balaban J connectivity index is 2.96. The summed E-state index contributed by atoms with van der Waals surface area (Å²) in [7, 11) is 1.08. The third-order valence-electron chi connectivity index (χ3n) is 1.60. The first-order valence-electron chi connectivity index (χ1n) is 3.92. The zero-order valence-electron chi connectivity index (χ0n) is 7.93. The number of hydrogen-bond acceptors (Lipinski definition) is 5. The highest BCUT2D eigenvalue weighted by molar-refractivity contribution is 6.33. The molecule has 1 aromatic carbocycles. The van der Waals surface area contributed by atoms with Crippen LogP contribution in [0.5, 0.6) is 17.2 Å². The van der Waals surface area contributed by atoms with E-state index in [-0.39, 0.29) is 5.75 Å². The topological polar surface area (TPSA) is 68.2 Å². The van der Waals surface area contributed by atoms with Crippen molar-refractivity contribution in [2.24, 2.45) is 0 Å². The van der Waals surface area contributed by atoms with Gasteiger partial charge in [0.05, 0.1) is 14.2 Å². The number of rotatable bonds is 4. The van der Waals surface area contributed by atoms with Gasteiger partial charge in [-0.3, -0.25) is 0 Å². The molecule has 0 aliphatic rings. The molecule has 0 saturated heterocycles. The third-order valence-corrected chi connectivity index (χ3v) is 1.60. The monoisotopic (exact) mass is 198 g/mol. The predicted molar refractivity (Wildman–Crippen MR) is 50.4 cm³/mol. The lowest BCUT2D eigenvalue weighted by Gasteiger charge is -2.11. The molecule has 5 nitrogen and oxygen atoms in total. The van der Waals surface area contributed by atoms with Crippen LogP contribution in [-0.4, -0.2) is 31.6 Å². The zero-order valence-corrected chi connectivity index (χ0v) is 7.93. The van der Waals surface area contributed by atoms with Gasteiger partial charge < -0.3 is 24.2 Å². The molecule has 2 N–H and O–H groups in total. The first kappa shape index (κ1) is 10.7. The van der Waals surface area contributed by atoms with Crippen LogP contribution in [0.15, 0.2) is 18.2 Å². The van der Waals surface area contributed by atoms with Crippen molar-refractivity contribution in [1.82, 2.24) is 0 Å². The van der Waals surface area contributed by atoms with Crippen molar-refractivity contribution in [3.63, 3.8) is 0 Å². The minimum absolute atomic E-state index is 0.210. The van der Waals surface area contributed by atoms with Crippen LogP contribution >= 0.6 is 0 Å². The van der Waals surface area contributed by atoms with Crippen LogP contribution in [0.3, 0.4) is 0 Å². The van der Waals surface area contributed by atoms with Gasteiger partial charge in [-0.1, -0.05) is 0 Å². The molecule has 6 heteroatoms. The predicted octanol–water partition coefficient (Wildman–Crippen LogP) is 0.0521. The van der Waals surface area contributed by atoms with Gasteiger partial charge in [0.1, 0.15) is 11.5 Å². The molecule has 0 saturated carbocycles. The molecule has 0 spiro atoms. The number of benzene rings is 1. The van der Waals surface area contributed by atoms with Crippen molar-refractivity contribution < 1.29 is 24.2 Å². The molecule has 0 bridgehead atoms. The van der Waals surface area contributed by atoms with Gasteiger partial charge in [0.2, 0.25) is 0 Å². The van der Waals surface area contributed by atoms with E-state index in [1.165, 1.54) is 20.3 Å². The van der Waals surface area contributed by atoms with Gasteiger partial charge in [0, 0.05) is 6.07 Å². The summed E-state index contributed by atoms with van der Waals surface area (Å²) < 4.78 is 14.6. The van der Waals surface area contributed by atoms with Crippen LogP contribution in [0.4, 0.5) is 0 Å². The summed E-state index contributed by atoms with van der Waals surface area (Å²) in [6, 6.07) is 4.78. The van der Waals surface area contributed by atoms with Gasteiger partial charge in [-0.15, -0.1) is 0 Å². The Labute approximate surface area is 82.0 Å². The molecular formula is C8H11BO5. The van der Waals surface area contributed by atoms with Crippen molar-refractivity contribution in [1.29, 1.82) is 0 Å². The van der Waals surface area contributed by atoms with Gasteiger partial charge in [-0.05, 0) is 12.1 Å². The van der Waals surface area contributed by atoms with E-state index in [4.69, 9.17) is 19.5 Å². The lowest BCUT2D eigenvalue weighted by molar-refractivity contribution is 0.278. The molecule has 14 heavy (non-hydrogen) atoms. The molecule has 0 amide bonds. The highest BCUT2D eigenvalue weighted by Crippen LogP contribution is 2.31. The van der Waals surface area contributed by atoms with Crippen molar-refractivity contribution in [2.75, 3.05) is 14.2 Å². The minimum atomic E-state index is -1.88. The number of hydrogen-bond donors (Lipinski definition) is 2. The van der Waals surface area contributed by atoms with E-state index in [0.717, 1.165) is 0 Å². The minimum Gasteiger partial charge on any atom is -0.509 e. The molecular weight excluding hydrogens is 187 g/mol.